The summed E-state index contributed by atoms with van der Waals surface area (Å²) in [5, 5.41) is 9.39. The van der Waals surface area contributed by atoms with Crippen LogP contribution >= 0.6 is 11.8 Å². The van der Waals surface area contributed by atoms with Crippen LogP contribution in [0.5, 0.6) is 0 Å². The van der Waals surface area contributed by atoms with Gasteiger partial charge in [-0.3, -0.25) is 0 Å². The Hall–Kier alpha value is -1.85. The molecule has 0 N–H and O–H groups in total. The highest BCUT2D eigenvalue weighted by Crippen LogP contribution is 2.38. The molecule has 0 aromatic heterocycles. The average Bonchev–Trinajstić information content (AvgIpc) is 2.79. The van der Waals surface area contributed by atoms with Crippen LogP contribution in [0.2, 0.25) is 0 Å². The Balaban J connectivity index is 1.99. The second kappa shape index (κ2) is 10.2. The maximum atomic E-state index is 13.6. The van der Waals surface area contributed by atoms with Crippen molar-refractivity contribution in [3.05, 3.63) is 53.1 Å². The van der Waals surface area contributed by atoms with Gasteiger partial charge >= 0.3 is 0 Å². The minimum absolute atomic E-state index is 0.240. The minimum Gasteiger partial charge on any atom is -0.306 e. The Morgan fingerprint density at radius 2 is 1.77 bits per heavy atom. The smallest absolute Gasteiger partial charge is 0.244 e. The third-order valence-corrected chi connectivity index (χ3v) is 9.23. The molecule has 31 heavy (non-hydrogen) atoms. The van der Waals surface area contributed by atoms with Crippen molar-refractivity contribution < 1.29 is 8.42 Å². The molecule has 7 heteroatoms. The van der Waals surface area contributed by atoms with Gasteiger partial charge in [0.1, 0.15) is 0 Å². The van der Waals surface area contributed by atoms with Gasteiger partial charge in [-0.05, 0) is 75.2 Å². The summed E-state index contributed by atoms with van der Waals surface area (Å²) < 4.78 is 28.8. The third kappa shape index (κ3) is 5.32. The van der Waals surface area contributed by atoms with Crippen LogP contribution in [-0.4, -0.2) is 50.8 Å². The molecule has 3 rings (SSSR count). The van der Waals surface area contributed by atoms with Gasteiger partial charge in [-0.2, -0.15) is 9.57 Å². The van der Waals surface area contributed by atoms with E-state index in [9.17, 15) is 13.7 Å². The van der Waals surface area contributed by atoms with Gasteiger partial charge < -0.3 is 4.90 Å². The average molecular weight is 458 g/mol. The zero-order chi connectivity index (χ0) is 22.6. The van der Waals surface area contributed by atoms with Crippen LogP contribution in [0.25, 0.3) is 0 Å². The van der Waals surface area contributed by atoms with E-state index in [1.165, 1.54) is 29.0 Å². The number of benzene rings is 2. The lowest BCUT2D eigenvalue weighted by Crippen LogP contribution is -2.44. The molecule has 1 saturated heterocycles. The number of hydrogen-bond donors (Lipinski definition) is 0. The van der Waals surface area contributed by atoms with Gasteiger partial charge in [0.15, 0.2) is 0 Å². The first-order valence-electron chi connectivity index (χ1n) is 10.8. The zero-order valence-electron chi connectivity index (χ0n) is 18.8. The third-order valence-electron chi connectivity index (χ3n) is 5.99. The summed E-state index contributed by atoms with van der Waals surface area (Å²) in [4.78, 5) is 4.16. The number of sulfonamides is 1. The highest BCUT2D eigenvalue weighted by molar-refractivity contribution is 8.00. The van der Waals surface area contributed by atoms with Crippen LogP contribution < -0.4 is 0 Å². The van der Waals surface area contributed by atoms with E-state index >= 15 is 0 Å². The van der Waals surface area contributed by atoms with Crippen molar-refractivity contribution in [3.63, 3.8) is 0 Å². The van der Waals surface area contributed by atoms with Crippen molar-refractivity contribution in [1.82, 2.24) is 9.21 Å². The lowest BCUT2D eigenvalue weighted by atomic mass is 10.1. The van der Waals surface area contributed by atoms with Gasteiger partial charge in [0.2, 0.25) is 10.0 Å². The van der Waals surface area contributed by atoms with Crippen molar-refractivity contribution in [2.75, 3.05) is 27.2 Å². The summed E-state index contributed by atoms with van der Waals surface area (Å²) in [5.41, 5.74) is 2.79. The summed E-state index contributed by atoms with van der Waals surface area (Å²) in [5.74, 6) is 0. The van der Waals surface area contributed by atoms with Crippen LogP contribution in [0.1, 0.15) is 43.4 Å². The van der Waals surface area contributed by atoms with E-state index in [2.05, 4.69) is 43.0 Å². The van der Waals surface area contributed by atoms with Crippen LogP contribution in [0.4, 0.5) is 0 Å². The standard InChI is InChI=1S/C24H31N3O2S2/c1-5-18-7-9-20(6-2)23(15-18)30-22-10-8-19(17-25)16-24(22)31(28,29)27-13-11-21(12-14-27)26(3)4/h7-10,15-16,21H,5-6,11-14H2,1-4H3. The molecule has 2 aromatic rings. The van der Waals surface area contributed by atoms with Gasteiger partial charge in [-0.1, -0.05) is 37.7 Å². The van der Waals surface area contributed by atoms with Crippen LogP contribution in [0, 0.1) is 11.3 Å². The second-order valence-corrected chi connectivity index (χ2v) is 11.1. The van der Waals surface area contributed by atoms with Crippen LogP contribution in [0.3, 0.4) is 0 Å². The Morgan fingerprint density at radius 3 is 2.35 bits per heavy atom. The quantitative estimate of drug-likeness (QED) is 0.610. The number of hydrogen-bond acceptors (Lipinski definition) is 5. The lowest BCUT2D eigenvalue weighted by molar-refractivity contribution is 0.196. The van der Waals surface area contributed by atoms with E-state index in [-0.39, 0.29) is 4.90 Å². The topological polar surface area (TPSA) is 64.4 Å². The Labute approximate surface area is 191 Å². The lowest BCUT2D eigenvalue weighted by Gasteiger charge is -2.34. The molecule has 0 radical (unpaired) electrons. The number of piperidine rings is 1. The molecule has 0 bridgehead atoms. The summed E-state index contributed by atoms with van der Waals surface area (Å²) in [7, 11) is 0.388. The first-order chi connectivity index (χ1) is 14.8. The van der Waals surface area contributed by atoms with Crippen LogP contribution in [0.15, 0.2) is 51.1 Å². The number of rotatable bonds is 7. The van der Waals surface area contributed by atoms with E-state index in [4.69, 9.17) is 0 Å². The summed E-state index contributed by atoms with van der Waals surface area (Å²) in [6.45, 7) is 5.22. The number of aryl methyl sites for hydroxylation is 2. The predicted molar refractivity (Wildman–Crippen MR) is 126 cm³/mol. The normalized spacial score (nSPS) is 15.9. The molecular weight excluding hydrogens is 426 g/mol. The minimum atomic E-state index is -3.69. The molecule has 166 valence electrons. The fraction of sp³-hybridized carbons (Fsp3) is 0.458. The molecule has 1 heterocycles. The number of nitriles is 1. The van der Waals surface area contributed by atoms with Crippen LogP contribution in [-0.2, 0) is 22.9 Å². The van der Waals surface area contributed by atoms with Crippen molar-refractivity contribution >= 4 is 21.8 Å². The molecule has 0 amide bonds. The molecule has 1 aliphatic rings. The highest BCUT2D eigenvalue weighted by Gasteiger charge is 2.32. The molecular formula is C24H31N3O2S2. The molecule has 0 aliphatic carbocycles. The fourth-order valence-corrected chi connectivity index (χ4v) is 7.02. The zero-order valence-corrected chi connectivity index (χ0v) is 20.4. The first-order valence-corrected chi connectivity index (χ1v) is 13.1. The molecule has 2 aromatic carbocycles. The first kappa shape index (κ1) is 23.8. The highest BCUT2D eigenvalue weighted by atomic mass is 32.2. The van der Waals surface area contributed by atoms with Crippen molar-refractivity contribution in [1.29, 1.82) is 5.26 Å². The Kier molecular flexibility index (Phi) is 7.82. The van der Waals surface area contributed by atoms with Gasteiger partial charge in [-0.25, -0.2) is 8.42 Å². The summed E-state index contributed by atoms with van der Waals surface area (Å²) in [6, 6.07) is 13.9. The van der Waals surface area contributed by atoms with Gasteiger partial charge in [0, 0.05) is 28.9 Å². The summed E-state index contributed by atoms with van der Waals surface area (Å²) >= 11 is 1.49. The molecule has 1 fully saturated rings. The molecule has 0 spiro atoms. The monoisotopic (exact) mass is 457 g/mol. The van der Waals surface area contributed by atoms with E-state index in [1.54, 1.807) is 16.4 Å². The predicted octanol–water partition coefficient (Wildman–Crippen LogP) is 4.55. The maximum absolute atomic E-state index is 13.6. The van der Waals surface area contributed by atoms with E-state index in [0.717, 1.165) is 30.6 Å². The molecule has 0 atom stereocenters. The fourth-order valence-electron chi connectivity index (χ4n) is 3.93. The van der Waals surface area contributed by atoms with E-state index in [1.807, 2.05) is 14.1 Å². The van der Waals surface area contributed by atoms with E-state index in [0.29, 0.717) is 29.6 Å². The molecule has 0 unspecified atom stereocenters. The summed E-state index contributed by atoms with van der Waals surface area (Å²) in [6.07, 6.45) is 3.43. The SMILES string of the molecule is CCc1ccc(CC)c(Sc2ccc(C#N)cc2S(=O)(=O)N2CCC(N(C)C)CC2)c1. The largest absolute Gasteiger partial charge is 0.306 e. The molecule has 0 saturated carbocycles. The van der Waals surface area contributed by atoms with Gasteiger partial charge in [0.25, 0.3) is 0 Å². The van der Waals surface area contributed by atoms with Gasteiger partial charge in [-0.15, -0.1) is 0 Å². The van der Waals surface area contributed by atoms with E-state index < -0.39 is 10.0 Å². The molecule has 1 aliphatic heterocycles. The molecule has 5 nitrogen and oxygen atoms in total. The van der Waals surface area contributed by atoms with Crippen molar-refractivity contribution in [2.45, 2.75) is 60.3 Å². The van der Waals surface area contributed by atoms with Crippen molar-refractivity contribution in [2.24, 2.45) is 0 Å². The number of nitrogens with zero attached hydrogens (tertiary/aromatic N) is 3. The van der Waals surface area contributed by atoms with Gasteiger partial charge in [0.05, 0.1) is 16.5 Å². The Bertz CT molecular complexity index is 1070. The Morgan fingerprint density at radius 1 is 1.06 bits per heavy atom. The maximum Gasteiger partial charge on any atom is 0.244 e. The second-order valence-electron chi connectivity index (χ2n) is 8.12. The van der Waals surface area contributed by atoms with Crippen molar-refractivity contribution in [3.8, 4) is 6.07 Å².